The van der Waals surface area contributed by atoms with Gasteiger partial charge in [0.15, 0.2) is 0 Å². The third-order valence-corrected chi connectivity index (χ3v) is 6.11. The van der Waals surface area contributed by atoms with Crippen LogP contribution >= 0.6 is 0 Å². The molecule has 0 saturated heterocycles. The summed E-state index contributed by atoms with van der Waals surface area (Å²) in [7, 11) is -3.23. The molecule has 0 radical (unpaired) electrons. The Hall–Kier alpha value is -1.86. The second kappa shape index (κ2) is 8.49. The highest BCUT2D eigenvalue weighted by Crippen LogP contribution is 2.14. The molecule has 0 amide bonds. The molecule has 0 saturated carbocycles. The molecule has 6 nitrogen and oxygen atoms in total. The monoisotopic (exact) mass is 364 g/mol. The third-order valence-electron chi connectivity index (χ3n) is 3.92. The number of rotatable bonds is 9. The highest BCUT2D eigenvalue weighted by Gasteiger charge is 2.27. The van der Waals surface area contributed by atoms with Gasteiger partial charge in [-0.1, -0.05) is 6.42 Å². The predicted octanol–water partition coefficient (Wildman–Crippen LogP) is 3.17. The number of anilines is 1. The molecule has 25 heavy (non-hydrogen) atoms. The molecule has 0 aliphatic carbocycles. The fraction of sp³-hybridized carbons (Fsp3) is 0.500. The molecule has 2 N–H and O–H groups in total. The topological polar surface area (TPSA) is 76.0 Å². The van der Waals surface area contributed by atoms with Gasteiger partial charge in [-0.2, -0.15) is 5.10 Å². The van der Waals surface area contributed by atoms with Gasteiger partial charge in [-0.3, -0.25) is 0 Å². The Balaban J connectivity index is 1.62. The first-order valence-electron chi connectivity index (χ1n) is 8.63. The summed E-state index contributed by atoms with van der Waals surface area (Å²) in [5.41, 5.74) is 2.10. The Morgan fingerprint density at radius 1 is 1.04 bits per heavy atom. The van der Waals surface area contributed by atoms with Gasteiger partial charge in [0.1, 0.15) is 0 Å². The Morgan fingerprint density at radius 3 is 2.32 bits per heavy atom. The number of nitrogens with zero attached hydrogens (tertiary/aromatic N) is 2. The summed E-state index contributed by atoms with van der Waals surface area (Å²) < 4.78 is 27.6. The summed E-state index contributed by atoms with van der Waals surface area (Å²) in [6.07, 6.45) is 6.49. The number of unbranched alkanes of at least 4 members (excludes halogenated alkanes) is 2. The van der Waals surface area contributed by atoms with Gasteiger partial charge in [0.25, 0.3) is 0 Å². The Labute approximate surface area is 150 Å². The number of nitrogens with one attached hydrogen (secondary N) is 2. The molecule has 2 rings (SSSR count). The molecule has 0 fully saturated rings. The first-order valence-corrected chi connectivity index (χ1v) is 10.1. The zero-order valence-electron chi connectivity index (χ0n) is 15.2. The van der Waals surface area contributed by atoms with E-state index in [0.717, 1.165) is 37.2 Å². The molecule has 1 aromatic carbocycles. The quantitative estimate of drug-likeness (QED) is 0.670. The first kappa shape index (κ1) is 19.5. The summed E-state index contributed by atoms with van der Waals surface area (Å²) in [6.45, 7) is 6.48. The molecular formula is C18H28N4O2S. The molecule has 0 aliphatic heterocycles. The number of sulfonamides is 1. The molecule has 7 heteroatoms. The predicted molar refractivity (Wildman–Crippen MR) is 103 cm³/mol. The van der Waals surface area contributed by atoms with Crippen molar-refractivity contribution in [2.24, 2.45) is 0 Å². The van der Waals surface area contributed by atoms with Crippen molar-refractivity contribution in [3.63, 3.8) is 0 Å². The summed E-state index contributed by atoms with van der Waals surface area (Å²) in [4.78, 5) is 0. The van der Waals surface area contributed by atoms with Crippen molar-refractivity contribution >= 4 is 15.7 Å². The normalized spacial score (nSPS) is 12.3. The third kappa shape index (κ3) is 5.86. The van der Waals surface area contributed by atoms with E-state index in [1.54, 1.807) is 27.0 Å². The smallest absolute Gasteiger partial charge is 0.216 e. The fourth-order valence-corrected chi connectivity index (χ4v) is 3.08. The summed E-state index contributed by atoms with van der Waals surface area (Å²) in [5, 5.41) is 7.58. The summed E-state index contributed by atoms with van der Waals surface area (Å²) in [5.74, 6) is 0. The molecule has 138 valence electrons. The van der Waals surface area contributed by atoms with Crippen LogP contribution in [0.1, 0.15) is 40.0 Å². The number of aromatic nitrogens is 2. The lowest BCUT2D eigenvalue weighted by molar-refractivity contribution is 0.540. The average Bonchev–Trinajstić information content (AvgIpc) is 3.08. The van der Waals surface area contributed by atoms with E-state index >= 15 is 0 Å². The van der Waals surface area contributed by atoms with Crippen LogP contribution in [0.15, 0.2) is 42.7 Å². The van der Waals surface area contributed by atoms with Gasteiger partial charge in [0.05, 0.1) is 10.4 Å². The lowest BCUT2D eigenvalue weighted by Gasteiger charge is -2.19. The van der Waals surface area contributed by atoms with Crippen LogP contribution in [0.4, 0.5) is 5.69 Å². The summed E-state index contributed by atoms with van der Waals surface area (Å²) in [6, 6.07) is 10.0. The number of hydrogen-bond acceptors (Lipinski definition) is 4. The zero-order chi connectivity index (χ0) is 18.3. The van der Waals surface area contributed by atoms with Crippen molar-refractivity contribution in [1.29, 1.82) is 0 Å². The highest BCUT2D eigenvalue weighted by atomic mass is 32.2. The standard InChI is InChI=1S/C18H28N4O2S/c1-18(2,3)25(23,24)21-14-6-4-5-12-19-16-8-10-17(11-9-16)22-15-7-13-20-22/h7-11,13,15,19,21H,4-6,12,14H2,1-3H3. The molecule has 0 spiro atoms. The molecule has 2 aromatic rings. The second-order valence-electron chi connectivity index (χ2n) is 7.00. The van der Waals surface area contributed by atoms with Crippen molar-refractivity contribution in [1.82, 2.24) is 14.5 Å². The minimum absolute atomic E-state index is 0.498. The van der Waals surface area contributed by atoms with E-state index in [2.05, 4.69) is 15.1 Å². The Bertz CT molecular complexity index is 732. The van der Waals surface area contributed by atoms with Gasteiger partial charge in [-0.15, -0.1) is 0 Å². The molecule has 0 atom stereocenters. The van der Waals surface area contributed by atoms with E-state index in [-0.39, 0.29) is 0 Å². The van der Waals surface area contributed by atoms with Crippen LogP contribution in [0.3, 0.4) is 0 Å². The van der Waals surface area contributed by atoms with Gasteiger partial charge in [-0.25, -0.2) is 17.8 Å². The molecule has 0 unspecified atom stereocenters. The largest absolute Gasteiger partial charge is 0.385 e. The molecule has 1 heterocycles. The van der Waals surface area contributed by atoms with Crippen LogP contribution in [-0.2, 0) is 10.0 Å². The lowest BCUT2D eigenvalue weighted by Crippen LogP contribution is -2.39. The first-order chi connectivity index (χ1) is 11.8. The van der Waals surface area contributed by atoms with E-state index in [9.17, 15) is 8.42 Å². The van der Waals surface area contributed by atoms with Crippen molar-refractivity contribution in [3.05, 3.63) is 42.7 Å². The van der Waals surface area contributed by atoms with E-state index in [1.165, 1.54) is 0 Å². The Morgan fingerprint density at radius 2 is 1.72 bits per heavy atom. The van der Waals surface area contributed by atoms with Crippen LogP contribution in [0.25, 0.3) is 5.69 Å². The average molecular weight is 365 g/mol. The maximum Gasteiger partial charge on any atom is 0.216 e. The van der Waals surface area contributed by atoms with Gasteiger partial charge in [0, 0.05) is 31.2 Å². The van der Waals surface area contributed by atoms with Crippen LogP contribution in [0.5, 0.6) is 0 Å². The molecule has 1 aromatic heterocycles. The lowest BCUT2D eigenvalue weighted by atomic mass is 10.2. The van der Waals surface area contributed by atoms with Crippen molar-refractivity contribution in [2.75, 3.05) is 18.4 Å². The van der Waals surface area contributed by atoms with Crippen LogP contribution < -0.4 is 10.0 Å². The SMILES string of the molecule is CC(C)(C)S(=O)(=O)NCCCCCNc1ccc(-n2cccn2)cc1. The number of benzene rings is 1. The van der Waals surface area contributed by atoms with Gasteiger partial charge in [-0.05, 0) is 63.9 Å². The fourth-order valence-electron chi connectivity index (χ4n) is 2.24. The van der Waals surface area contributed by atoms with Crippen molar-refractivity contribution in [2.45, 2.75) is 44.8 Å². The van der Waals surface area contributed by atoms with E-state index in [4.69, 9.17) is 0 Å². The molecule has 0 bridgehead atoms. The van der Waals surface area contributed by atoms with Gasteiger partial charge in [0.2, 0.25) is 10.0 Å². The van der Waals surface area contributed by atoms with E-state index < -0.39 is 14.8 Å². The number of hydrogen-bond donors (Lipinski definition) is 2. The zero-order valence-corrected chi connectivity index (χ0v) is 16.0. The minimum atomic E-state index is -3.23. The molecule has 0 aliphatic rings. The van der Waals surface area contributed by atoms with E-state index in [1.807, 2.05) is 41.2 Å². The molecular weight excluding hydrogens is 336 g/mol. The highest BCUT2D eigenvalue weighted by molar-refractivity contribution is 7.90. The van der Waals surface area contributed by atoms with Gasteiger partial charge >= 0.3 is 0 Å². The Kier molecular flexibility index (Phi) is 6.61. The van der Waals surface area contributed by atoms with Gasteiger partial charge < -0.3 is 5.32 Å². The second-order valence-corrected chi connectivity index (χ2v) is 9.52. The van der Waals surface area contributed by atoms with Crippen molar-refractivity contribution in [3.8, 4) is 5.69 Å². The van der Waals surface area contributed by atoms with Crippen LogP contribution in [0, 0.1) is 0 Å². The maximum atomic E-state index is 11.9. The minimum Gasteiger partial charge on any atom is -0.385 e. The van der Waals surface area contributed by atoms with E-state index in [0.29, 0.717) is 6.54 Å². The van der Waals surface area contributed by atoms with Crippen LogP contribution in [-0.4, -0.2) is 36.0 Å². The summed E-state index contributed by atoms with van der Waals surface area (Å²) >= 11 is 0. The maximum absolute atomic E-state index is 11.9. The van der Waals surface area contributed by atoms with Crippen LogP contribution in [0.2, 0.25) is 0 Å². The van der Waals surface area contributed by atoms with Crippen molar-refractivity contribution < 1.29 is 8.42 Å².